The second-order valence-electron chi connectivity index (χ2n) is 4.41. The molecular formula is C15H12N4. The van der Waals surface area contributed by atoms with Gasteiger partial charge < -0.3 is 5.73 Å². The molecule has 1 heterocycles. The molecule has 0 spiro atoms. The Morgan fingerprint density at radius 1 is 1.21 bits per heavy atom. The number of aryl methyl sites for hydroxylation is 1. The molecule has 0 radical (unpaired) electrons. The van der Waals surface area contributed by atoms with Crippen molar-refractivity contribution in [2.24, 2.45) is 0 Å². The van der Waals surface area contributed by atoms with Crippen LogP contribution < -0.4 is 5.73 Å². The predicted octanol–water partition coefficient (Wildman–Crippen LogP) is 2.79. The topological polar surface area (TPSA) is 67.6 Å². The number of hydrogen-bond donors (Lipinski definition) is 1. The second kappa shape index (κ2) is 4.14. The molecule has 0 saturated heterocycles. The average molecular weight is 248 g/mol. The number of benzene rings is 2. The minimum atomic E-state index is 0.430. The lowest BCUT2D eigenvalue weighted by molar-refractivity contribution is 1.11. The lowest BCUT2D eigenvalue weighted by Gasteiger charge is -2.06. The van der Waals surface area contributed by atoms with Gasteiger partial charge in [0, 0.05) is 0 Å². The summed E-state index contributed by atoms with van der Waals surface area (Å²) in [5.41, 5.74) is 10.4. The maximum Gasteiger partial charge on any atom is 0.205 e. The van der Waals surface area contributed by atoms with Gasteiger partial charge >= 0.3 is 0 Å². The molecular weight excluding hydrogens is 236 g/mol. The second-order valence-corrected chi connectivity index (χ2v) is 4.41. The van der Waals surface area contributed by atoms with Crippen molar-refractivity contribution in [1.29, 1.82) is 5.26 Å². The number of aromatic nitrogens is 2. The largest absolute Gasteiger partial charge is 0.369 e. The first-order valence-electron chi connectivity index (χ1n) is 5.95. The van der Waals surface area contributed by atoms with Gasteiger partial charge in [0.1, 0.15) is 0 Å². The third kappa shape index (κ3) is 1.72. The van der Waals surface area contributed by atoms with Crippen molar-refractivity contribution >= 4 is 17.0 Å². The number of hydrogen-bond acceptors (Lipinski definition) is 3. The van der Waals surface area contributed by atoms with Gasteiger partial charge in [-0.1, -0.05) is 18.2 Å². The highest BCUT2D eigenvalue weighted by Gasteiger charge is 2.11. The highest BCUT2D eigenvalue weighted by atomic mass is 15.2. The van der Waals surface area contributed by atoms with Crippen LogP contribution in [0.3, 0.4) is 0 Å². The Kier molecular flexibility index (Phi) is 2.46. The lowest BCUT2D eigenvalue weighted by Crippen LogP contribution is -2.00. The average Bonchev–Trinajstić information content (AvgIpc) is 2.77. The Hall–Kier alpha value is -2.80. The third-order valence-electron chi connectivity index (χ3n) is 3.15. The van der Waals surface area contributed by atoms with Gasteiger partial charge in [0.2, 0.25) is 5.95 Å². The van der Waals surface area contributed by atoms with E-state index in [0.717, 1.165) is 22.3 Å². The number of imidazole rings is 1. The summed E-state index contributed by atoms with van der Waals surface area (Å²) in [6.45, 7) is 2.00. The van der Waals surface area contributed by atoms with Crippen LogP contribution in [0.2, 0.25) is 0 Å². The first-order chi connectivity index (χ1) is 9.20. The summed E-state index contributed by atoms with van der Waals surface area (Å²) < 4.78 is 1.86. The van der Waals surface area contributed by atoms with E-state index < -0.39 is 0 Å². The molecule has 3 rings (SSSR count). The van der Waals surface area contributed by atoms with Crippen molar-refractivity contribution in [1.82, 2.24) is 9.55 Å². The number of anilines is 1. The molecule has 0 saturated carbocycles. The van der Waals surface area contributed by atoms with Crippen molar-refractivity contribution in [2.45, 2.75) is 6.92 Å². The smallest absolute Gasteiger partial charge is 0.205 e. The number of nitrogens with two attached hydrogens (primary N) is 1. The first-order valence-corrected chi connectivity index (χ1v) is 5.95. The zero-order valence-electron chi connectivity index (χ0n) is 10.5. The van der Waals surface area contributed by atoms with Crippen molar-refractivity contribution in [3.8, 4) is 11.8 Å². The zero-order valence-corrected chi connectivity index (χ0v) is 10.5. The summed E-state index contributed by atoms with van der Waals surface area (Å²) in [4.78, 5) is 4.40. The Morgan fingerprint density at radius 2 is 2.00 bits per heavy atom. The molecule has 0 aliphatic rings. The van der Waals surface area contributed by atoms with E-state index in [1.807, 2.05) is 41.8 Å². The van der Waals surface area contributed by atoms with E-state index in [4.69, 9.17) is 11.0 Å². The minimum absolute atomic E-state index is 0.430. The summed E-state index contributed by atoms with van der Waals surface area (Å²) in [5.74, 6) is 0.430. The van der Waals surface area contributed by atoms with Gasteiger partial charge in [-0.2, -0.15) is 5.26 Å². The monoisotopic (exact) mass is 248 g/mol. The van der Waals surface area contributed by atoms with E-state index >= 15 is 0 Å². The molecule has 0 atom stereocenters. The quantitative estimate of drug-likeness (QED) is 0.720. The van der Waals surface area contributed by atoms with Gasteiger partial charge in [0.15, 0.2) is 0 Å². The first kappa shape index (κ1) is 11.3. The van der Waals surface area contributed by atoms with E-state index in [9.17, 15) is 0 Å². The predicted molar refractivity (Wildman–Crippen MR) is 74.9 cm³/mol. The number of rotatable bonds is 1. The van der Waals surface area contributed by atoms with Gasteiger partial charge in [-0.05, 0) is 36.8 Å². The molecule has 0 aliphatic heterocycles. The summed E-state index contributed by atoms with van der Waals surface area (Å²) in [5, 5.41) is 8.98. The van der Waals surface area contributed by atoms with Crippen LogP contribution in [0.1, 0.15) is 11.1 Å². The fraction of sp³-hybridized carbons (Fsp3) is 0.0667. The molecule has 0 bridgehead atoms. The molecule has 0 amide bonds. The molecule has 19 heavy (non-hydrogen) atoms. The number of nitriles is 1. The molecule has 4 nitrogen and oxygen atoms in total. The Morgan fingerprint density at radius 3 is 2.79 bits per heavy atom. The Labute approximate surface area is 110 Å². The molecule has 2 N–H and O–H groups in total. The van der Waals surface area contributed by atoms with Crippen LogP contribution in [-0.2, 0) is 0 Å². The lowest BCUT2D eigenvalue weighted by atomic mass is 10.2. The summed E-state index contributed by atoms with van der Waals surface area (Å²) in [6, 6.07) is 15.4. The number of para-hydroxylation sites is 1. The van der Waals surface area contributed by atoms with E-state index in [1.54, 1.807) is 12.1 Å². The number of nitrogens with zero attached hydrogens (tertiary/aromatic N) is 3. The van der Waals surface area contributed by atoms with Gasteiger partial charge in [-0.25, -0.2) is 4.98 Å². The van der Waals surface area contributed by atoms with Gasteiger partial charge in [-0.15, -0.1) is 0 Å². The van der Waals surface area contributed by atoms with E-state index in [-0.39, 0.29) is 0 Å². The van der Waals surface area contributed by atoms with Crippen LogP contribution >= 0.6 is 0 Å². The van der Waals surface area contributed by atoms with Crippen molar-refractivity contribution in [3.05, 3.63) is 53.6 Å². The van der Waals surface area contributed by atoms with E-state index in [2.05, 4.69) is 11.1 Å². The Balaban J connectivity index is 2.33. The van der Waals surface area contributed by atoms with Crippen LogP contribution in [0, 0.1) is 18.3 Å². The normalized spacial score (nSPS) is 10.5. The maximum absolute atomic E-state index is 8.98. The summed E-state index contributed by atoms with van der Waals surface area (Å²) >= 11 is 0. The van der Waals surface area contributed by atoms with Crippen LogP contribution in [-0.4, -0.2) is 9.55 Å². The standard InChI is InChI=1S/C15H12N4/c1-10-4-2-7-13-14(10)18-15(17)19(13)12-6-3-5-11(8-12)9-16/h2-8H,1H3,(H2,17,18). The van der Waals surface area contributed by atoms with Crippen molar-refractivity contribution < 1.29 is 0 Å². The number of nitrogen functional groups attached to an aromatic ring is 1. The highest BCUT2D eigenvalue weighted by Crippen LogP contribution is 2.25. The molecule has 4 heteroatoms. The van der Waals surface area contributed by atoms with Crippen LogP contribution in [0.15, 0.2) is 42.5 Å². The highest BCUT2D eigenvalue weighted by molar-refractivity contribution is 5.83. The van der Waals surface area contributed by atoms with Crippen molar-refractivity contribution in [2.75, 3.05) is 5.73 Å². The molecule has 0 unspecified atom stereocenters. The summed E-state index contributed by atoms with van der Waals surface area (Å²) in [7, 11) is 0. The SMILES string of the molecule is Cc1cccc2c1nc(N)n2-c1cccc(C#N)c1. The molecule has 3 aromatic rings. The van der Waals surface area contributed by atoms with Crippen molar-refractivity contribution in [3.63, 3.8) is 0 Å². The van der Waals surface area contributed by atoms with E-state index in [1.165, 1.54) is 0 Å². The fourth-order valence-electron chi connectivity index (χ4n) is 2.24. The van der Waals surface area contributed by atoms with Crippen LogP contribution in [0.5, 0.6) is 0 Å². The fourth-order valence-corrected chi connectivity index (χ4v) is 2.24. The molecule has 0 aliphatic carbocycles. The van der Waals surface area contributed by atoms with Gasteiger partial charge in [-0.3, -0.25) is 4.57 Å². The molecule has 1 aromatic heterocycles. The van der Waals surface area contributed by atoms with Gasteiger partial charge in [0.25, 0.3) is 0 Å². The third-order valence-corrected chi connectivity index (χ3v) is 3.15. The molecule has 0 fully saturated rings. The number of fused-ring (bicyclic) bond motifs is 1. The van der Waals surface area contributed by atoms with Crippen LogP contribution in [0.4, 0.5) is 5.95 Å². The zero-order chi connectivity index (χ0) is 13.4. The summed E-state index contributed by atoms with van der Waals surface area (Å²) in [6.07, 6.45) is 0. The molecule has 2 aromatic carbocycles. The molecule has 92 valence electrons. The van der Waals surface area contributed by atoms with E-state index in [0.29, 0.717) is 11.5 Å². The maximum atomic E-state index is 8.98. The minimum Gasteiger partial charge on any atom is -0.369 e. The van der Waals surface area contributed by atoms with Crippen LogP contribution in [0.25, 0.3) is 16.7 Å². The Bertz CT molecular complexity index is 809. The van der Waals surface area contributed by atoms with Gasteiger partial charge in [0.05, 0.1) is 28.4 Å².